The van der Waals surface area contributed by atoms with Gasteiger partial charge in [-0.2, -0.15) is 0 Å². The Labute approximate surface area is 158 Å². The van der Waals surface area contributed by atoms with Gasteiger partial charge in [-0.25, -0.2) is 0 Å². The molecule has 2 heteroatoms. The quantitative estimate of drug-likeness (QED) is 0.503. The predicted molar refractivity (Wildman–Crippen MR) is 110 cm³/mol. The lowest BCUT2D eigenvalue weighted by Crippen LogP contribution is -1.93. The van der Waals surface area contributed by atoms with Crippen LogP contribution >= 0.6 is 23.2 Å². The molecule has 0 fully saturated rings. The molecule has 0 N–H and O–H groups in total. The van der Waals surface area contributed by atoms with Gasteiger partial charge in [0.15, 0.2) is 0 Å². The SMILES string of the molecule is Cc1cc(C(C)C)c(C)cc1Cl.Cc1cc(C(C)C)c(C)cc1Cl. The van der Waals surface area contributed by atoms with Crippen LogP contribution in [0.2, 0.25) is 10.0 Å². The summed E-state index contributed by atoms with van der Waals surface area (Å²) in [6, 6.07) is 8.46. The average molecular weight is 365 g/mol. The predicted octanol–water partition coefficient (Wildman–Crippen LogP) is 8.16. The summed E-state index contributed by atoms with van der Waals surface area (Å²) >= 11 is 12.0. The van der Waals surface area contributed by atoms with Crippen molar-refractivity contribution in [2.45, 2.75) is 67.2 Å². The lowest BCUT2D eigenvalue weighted by Gasteiger charge is -2.11. The zero-order valence-corrected chi connectivity index (χ0v) is 17.7. The molecular formula is C22H30Cl2. The van der Waals surface area contributed by atoms with Crippen molar-refractivity contribution in [1.29, 1.82) is 0 Å². The van der Waals surface area contributed by atoms with E-state index in [0.29, 0.717) is 11.8 Å². The van der Waals surface area contributed by atoms with Gasteiger partial charge in [-0.3, -0.25) is 0 Å². The molecule has 0 unspecified atom stereocenters. The number of rotatable bonds is 2. The molecule has 0 atom stereocenters. The van der Waals surface area contributed by atoms with Gasteiger partial charge in [-0.05, 0) is 85.0 Å². The molecule has 2 rings (SSSR count). The van der Waals surface area contributed by atoms with E-state index >= 15 is 0 Å². The summed E-state index contributed by atoms with van der Waals surface area (Å²) in [7, 11) is 0. The Morgan fingerprint density at radius 1 is 0.542 bits per heavy atom. The van der Waals surface area contributed by atoms with Crippen LogP contribution in [0.3, 0.4) is 0 Å². The molecule has 0 aliphatic heterocycles. The van der Waals surface area contributed by atoms with E-state index in [-0.39, 0.29) is 0 Å². The molecule has 0 nitrogen and oxygen atoms in total. The van der Waals surface area contributed by atoms with Crippen molar-refractivity contribution in [2.24, 2.45) is 0 Å². The molecule has 2 aromatic carbocycles. The summed E-state index contributed by atoms with van der Waals surface area (Å²) in [5.41, 5.74) is 7.73. The monoisotopic (exact) mass is 364 g/mol. The molecule has 0 saturated heterocycles. The van der Waals surface area contributed by atoms with Gasteiger partial charge in [-0.1, -0.05) is 63.0 Å². The van der Waals surface area contributed by atoms with Crippen molar-refractivity contribution in [3.8, 4) is 0 Å². The van der Waals surface area contributed by atoms with Gasteiger partial charge in [0.25, 0.3) is 0 Å². The van der Waals surface area contributed by atoms with E-state index in [4.69, 9.17) is 23.2 Å². The lowest BCUT2D eigenvalue weighted by atomic mass is 9.96. The standard InChI is InChI=1S/2C11H15Cl/c2*1-7(2)10-5-9(4)11(12)6-8(10)3/h2*5-7H,1-4H3. The highest BCUT2D eigenvalue weighted by Crippen LogP contribution is 2.26. The summed E-state index contributed by atoms with van der Waals surface area (Å²) in [6.07, 6.45) is 0. The second-order valence-electron chi connectivity index (χ2n) is 7.23. The largest absolute Gasteiger partial charge is 0.0840 e. The molecule has 0 heterocycles. The van der Waals surface area contributed by atoms with Crippen LogP contribution in [0.15, 0.2) is 24.3 Å². The summed E-state index contributed by atoms with van der Waals surface area (Å²) in [5.74, 6) is 1.17. The maximum Gasteiger partial charge on any atom is 0.0438 e. The van der Waals surface area contributed by atoms with Crippen molar-refractivity contribution < 1.29 is 0 Å². The zero-order chi connectivity index (χ0) is 18.6. The van der Waals surface area contributed by atoms with Gasteiger partial charge in [0.1, 0.15) is 0 Å². The second kappa shape index (κ2) is 8.92. The Kier molecular flexibility index (Phi) is 7.83. The van der Waals surface area contributed by atoms with Crippen LogP contribution in [-0.4, -0.2) is 0 Å². The van der Waals surface area contributed by atoms with E-state index in [2.05, 4.69) is 53.7 Å². The van der Waals surface area contributed by atoms with Crippen LogP contribution in [0.25, 0.3) is 0 Å². The van der Waals surface area contributed by atoms with Crippen molar-refractivity contribution >= 4 is 23.2 Å². The first-order chi connectivity index (χ1) is 11.0. The molecule has 0 radical (unpaired) electrons. The highest BCUT2D eigenvalue weighted by atomic mass is 35.5. The smallest absolute Gasteiger partial charge is 0.0438 e. The molecule has 0 aromatic heterocycles. The molecular weight excluding hydrogens is 335 g/mol. The van der Waals surface area contributed by atoms with Gasteiger partial charge in [-0.15, -0.1) is 0 Å². The van der Waals surface area contributed by atoms with Crippen LogP contribution in [-0.2, 0) is 0 Å². The maximum absolute atomic E-state index is 5.99. The summed E-state index contributed by atoms with van der Waals surface area (Å²) in [4.78, 5) is 0. The number of hydrogen-bond donors (Lipinski definition) is 0. The average Bonchev–Trinajstić information content (AvgIpc) is 2.46. The van der Waals surface area contributed by atoms with Crippen molar-refractivity contribution in [2.75, 3.05) is 0 Å². The molecule has 0 aliphatic carbocycles. The van der Waals surface area contributed by atoms with Crippen LogP contribution in [0.1, 0.15) is 72.9 Å². The Balaban J connectivity index is 0.000000240. The van der Waals surface area contributed by atoms with Gasteiger partial charge in [0, 0.05) is 10.0 Å². The van der Waals surface area contributed by atoms with Crippen LogP contribution in [0.4, 0.5) is 0 Å². The Morgan fingerprint density at radius 3 is 1.08 bits per heavy atom. The minimum atomic E-state index is 0.584. The number of hydrogen-bond acceptors (Lipinski definition) is 0. The molecule has 0 amide bonds. The Morgan fingerprint density at radius 2 is 0.833 bits per heavy atom. The fourth-order valence-electron chi connectivity index (χ4n) is 2.85. The van der Waals surface area contributed by atoms with Crippen LogP contribution < -0.4 is 0 Å². The first-order valence-electron chi connectivity index (χ1n) is 8.57. The molecule has 0 spiro atoms. The molecule has 2 aromatic rings. The topological polar surface area (TPSA) is 0 Å². The number of benzene rings is 2. The van der Waals surface area contributed by atoms with E-state index in [9.17, 15) is 0 Å². The fourth-order valence-corrected chi connectivity index (χ4v) is 3.29. The minimum Gasteiger partial charge on any atom is -0.0840 e. The lowest BCUT2D eigenvalue weighted by molar-refractivity contribution is 0.854. The van der Waals surface area contributed by atoms with Gasteiger partial charge < -0.3 is 0 Å². The first kappa shape index (κ1) is 21.1. The van der Waals surface area contributed by atoms with E-state index in [1.54, 1.807) is 0 Å². The van der Waals surface area contributed by atoms with Crippen LogP contribution in [0, 0.1) is 27.7 Å². The van der Waals surface area contributed by atoms with Gasteiger partial charge in [0.2, 0.25) is 0 Å². The third-order valence-electron chi connectivity index (χ3n) is 4.34. The Hall–Kier alpha value is -0.980. The van der Waals surface area contributed by atoms with Gasteiger partial charge >= 0.3 is 0 Å². The molecule has 132 valence electrons. The summed E-state index contributed by atoms with van der Waals surface area (Å²) in [6.45, 7) is 17.1. The Bertz CT molecular complexity index is 636. The number of halogens is 2. The zero-order valence-electron chi connectivity index (χ0n) is 16.2. The van der Waals surface area contributed by atoms with Gasteiger partial charge in [0.05, 0.1) is 0 Å². The van der Waals surface area contributed by atoms with E-state index < -0.39 is 0 Å². The van der Waals surface area contributed by atoms with Crippen molar-refractivity contribution in [3.05, 3.63) is 67.7 Å². The molecule has 0 aliphatic rings. The fraction of sp³-hybridized carbons (Fsp3) is 0.455. The number of aryl methyl sites for hydroxylation is 4. The first-order valence-corrected chi connectivity index (χ1v) is 9.33. The molecule has 24 heavy (non-hydrogen) atoms. The summed E-state index contributed by atoms with van der Waals surface area (Å²) in [5, 5.41) is 1.74. The second-order valence-corrected chi connectivity index (χ2v) is 8.04. The minimum absolute atomic E-state index is 0.584. The summed E-state index contributed by atoms with van der Waals surface area (Å²) < 4.78 is 0. The van der Waals surface area contributed by atoms with Crippen molar-refractivity contribution in [1.82, 2.24) is 0 Å². The highest BCUT2D eigenvalue weighted by molar-refractivity contribution is 6.31. The van der Waals surface area contributed by atoms with E-state index in [1.807, 2.05) is 26.0 Å². The molecule has 0 saturated carbocycles. The molecule has 0 bridgehead atoms. The van der Waals surface area contributed by atoms with E-state index in [0.717, 1.165) is 10.0 Å². The third kappa shape index (κ3) is 5.53. The third-order valence-corrected chi connectivity index (χ3v) is 5.15. The highest BCUT2D eigenvalue weighted by Gasteiger charge is 2.06. The normalized spacial score (nSPS) is 10.8. The van der Waals surface area contributed by atoms with Crippen LogP contribution in [0.5, 0.6) is 0 Å². The van der Waals surface area contributed by atoms with E-state index in [1.165, 1.54) is 33.4 Å². The van der Waals surface area contributed by atoms with Crippen molar-refractivity contribution in [3.63, 3.8) is 0 Å². The maximum atomic E-state index is 5.99.